The van der Waals surface area contributed by atoms with Crippen LogP contribution in [0.2, 0.25) is 0 Å². The Kier molecular flexibility index (Phi) is 7.05. The molecule has 0 spiro atoms. The summed E-state index contributed by atoms with van der Waals surface area (Å²) in [6.45, 7) is 4.04. The van der Waals surface area contributed by atoms with E-state index in [9.17, 15) is 0 Å². The van der Waals surface area contributed by atoms with E-state index in [4.69, 9.17) is 4.74 Å². The third-order valence-corrected chi connectivity index (χ3v) is 5.23. The van der Waals surface area contributed by atoms with E-state index in [-0.39, 0.29) is 18.5 Å². The molecule has 1 N–H and O–H groups in total. The lowest BCUT2D eigenvalue weighted by atomic mass is 9.95. The van der Waals surface area contributed by atoms with Gasteiger partial charge in [-0.15, -0.1) is 0 Å². The summed E-state index contributed by atoms with van der Waals surface area (Å²) >= 11 is 0. The molecule has 2 unspecified atom stereocenters. The van der Waals surface area contributed by atoms with E-state index in [1.54, 1.807) is 4.90 Å². The van der Waals surface area contributed by atoms with Gasteiger partial charge in [-0.05, 0) is 16.7 Å². The fourth-order valence-corrected chi connectivity index (χ4v) is 3.80. The maximum atomic E-state index is 6.36. The van der Waals surface area contributed by atoms with E-state index in [1.165, 1.54) is 22.3 Å². The van der Waals surface area contributed by atoms with Crippen molar-refractivity contribution in [3.63, 3.8) is 0 Å². The average Bonchev–Trinajstić information content (AvgIpc) is 2.69. The monoisotopic (exact) mass is 379 g/mol. The summed E-state index contributed by atoms with van der Waals surface area (Å²) in [6, 6.07) is 30.1. The average molecular weight is 380 g/mol. The number of quaternary nitrogens is 1. The highest BCUT2D eigenvalue weighted by Gasteiger charge is 2.23. The first-order valence-electron chi connectivity index (χ1n) is 9.52. The smallest absolute Gasteiger partial charge is 0.108 e. The molecule has 3 heteroatoms. The number of hydrogen-bond donors (Lipinski definition) is 1. The van der Waals surface area contributed by atoms with Crippen LogP contribution in [0.5, 0.6) is 0 Å². The van der Waals surface area contributed by atoms with Gasteiger partial charge in [-0.2, -0.15) is 0 Å². The Morgan fingerprint density at radius 3 is 2.26 bits per heavy atom. The van der Waals surface area contributed by atoms with Gasteiger partial charge >= 0.3 is 0 Å². The number of halogens is 1. The quantitative estimate of drug-likeness (QED) is 0.694. The van der Waals surface area contributed by atoms with Crippen molar-refractivity contribution in [1.29, 1.82) is 0 Å². The highest BCUT2D eigenvalue weighted by molar-refractivity contribution is 5.36. The summed E-state index contributed by atoms with van der Waals surface area (Å²) in [7, 11) is 0. The van der Waals surface area contributed by atoms with Crippen molar-refractivity contribution >= 4 is 0 Å². The van der Waals surface area contributed by atoms with Crippen molar-refractivity contribution in [2.45, 2.75) is 19.1 Å². The standard InChI is InChI=1S/C24H25NO.ClH/c1-3-9-20(10-4-1)15-16-25-17-18-26-24(21-11-5-2-6-12-21)23-14-8-7-13-22(23)19-25;/h1-14,24H,15-19H2;1H. The minimum Gasteiger partial charge on any atom is -1.00 e. The van der Waals surface area contributed by atoms with E-state index < -0.39 is 0 Å². The van der Waals surface area contributed by atoms with Crippen LogP contribution in [-0.4, -0.2) is 19.7 Å². The van der Waals surface area contributed by atoms with Crippen LogP contribution in [0.1, 0.15) is 28.4 Å². The second-order valence-electron chi connectivity index (χ2n) is 7.02. The molecule has 0 amide bonds. The first-order chi connectivity index (χ1) is 12.9. The van der Waals surface area contributed by atoms with Crippen molar-refractivity contribution in [2.24, 2.45) is 0 Å². The molecule has 27 heavy (non-hydrogen) atoms. The molecule has 0 fully saturated rings. The van der Waals surface area contributed by atoms with Crippen LogP contribution < -0.4 is 17.3 Å². The molecule has 1 aliphatic heterocycles. The molecular formula is C24H26ClNO. The molecule has 2 nitrogen and oxygen atoms in total. The summed E-state index contributed by atoms with van der Waals surface area (Å²) in [5, 5.41) is 0. The number of hydrogen-bond acceptors (Lipinski definition) is 1. The van der Waals surface area contributed by atoms with Crippen molar-refractivity contribution in [3.05, 3.63) is 107 Å². The zero-order chi connectivity index (χ0) is 17.6. The molecule has 2 atom stereocenters. The molecule has 0 radical (unpaired) electrons. The maximum Gasteiger partial charge on any atom is 0.108 e. The number of ether oxygens (including phenoxy) is 1. The van der Waals surface area contributed by atoms with Gasteiger partial charge < -0.3 is 22.0 Å². The van der Waals surface area contributed by atoms with Gasteiger partial charge in [0.05, 0.1) is 13.2 Å². The minimum atomic E-state index is 0. The Bertz CT molecular complexity index is 822. The SMILES string of the molecule is [Cl-].c1ccc(CC[NH+]2CCOC(c3ccccc3)c3ccccc3C2)cc1. The van der Waals surface area contributed by atoms with Crippen LogP contribution in [0, 0.1) is 0 Å². The van der Waals surface area contributed by atoms with E-state index in [0.717, 1.165) is 32.7 Å². The summed E-state index contributed by atoms with van der Waals surface area (Å²) in [5.41, 5.74) is 5.38. The van der Waals surface area contributed by atoms with Gasteiger partial charge in [-0.25, -0.2) is 0 Å². The Labute approximate surface area is 168 Å². The number of fused-ring (bicyclic) bond motifs is 1. The summed E-state index contributed by atoms with van der Waals surface area (Å²) in [5.74, 6) is 0. The molecule has 3 aromatic carbocycles. The summed E-state index contributed by atoms with van der Waals surface area (Å²) in [4.78, 5) is 1.59. The first kappa shape index (κ1) is 19.6. The van der Waals surface area contributed by atoms with E-state index in [0.29, 0.717) is 0 Å². The Hall–Kier alpha value is -2.13. The Morgan fingerprint density at radius 1 is 0.815 bits per heavy atom. The van der Waals surface area contributed by atoms with Crippen molar-refractivity contribution in [1.82, 2.24) is 0 Å². The predicted molar refractivity (Wildman–Crippen MR) is 105 cm³/mol. The normalized spacial score (nSPS) is 19.3. The molecule has 0 aliphatic carbocycles. The lowest BCUT2D eigenvalue weighted by molar-refractivity contribution is -0.914. The van der Waals surface area contributed by atoms with Gasteiger partial charge in [-0.1, -0.05) is 84.9 Å². The van der Waals surface area contributed by atoms with Crippen LogP contribution in [0.25, 0.3) is 0 Å². The van der Waals surface area contributed by atoms with Gasteiger partial charge in [0, 0.05) is 12.0 Å². The third-order valence-electron chi connectivity index (χ3n) is 5.23. The summed E-state index contributed by atoms with van der Waals surface area (Å²) < 4.78 is 6.36. The van der Waals surface area contributed by atoms with Crippen molar-refractivity contribution < 1.29 is 22.0 Å². The fraction of sp³-hybridized carbons (Fsp3) is 0.250. The first-order valence-corrected chi connectivity index (χ1v) is 9.52. The Morgan fingerprint density at radius 2 is 1.48 bits per heavy atom. The van der Waals surface area contributed by atoms with Gasteiger partial charge in [-0.3, -0.25) is 0 Å². The number of nitrogens with one attached hydrogen (secondary N) is 1. The lowest BCUT2D eigenvalue weighted by Crippen LogP contribution is -3.11. The topological polar surface area (TPSA) is 13.7 Å². The van der Waals surface area contributed by atoms with E-state index >= 15 is 0 Å². The zero-order valence-electron chi connectivity index (χ0n) is 15.5. The second-order valence-corrected chi connectivity index (χ2v) is 7.02. The molecular weight excluding hydrogens is 354 g/mol. The highest BCUT2D eigenvalue weighted by Crippen LogP contribution is 2.28. The molecule has 1 aliphatic rings. The third kappa shape index (κ3) is 4.98. The molecule has 0 saturated carbocycles. The minimum absolute atomic E-state index is 0. The van der Waals surface area contributed by atoms with Gasteiger partial charge in [0.1, 0.15) is 19.2 Å². The van der Waals surface area contributed by atoms with Crippen LogP contribution in [0.15, 0.2) is 84.9 Å². The van der Waals surface area contributed by atoms with Crippen LogP contribution in [-0.2, 0) is 17.7 Å². The molecule has 0 aromatic heterocycles. The van der Waals surface area contributed by atoms with Gasteiger partial charge in [0.25, 0.3) is 0 Å². The maximum absolute atomic E-state index is 6.36. The van der Waals surface area contributed by atoms with Gasteiger partial charge in [0.2, 0.25) is 0 Å². The van der Waals surface area contributed by atoms with Gasteiger partial charge in [0.15, 0.2) is 0 Å². The fourth-order valence-electron chi connectivity index (χ4n) is 3.80. The van der Waals surface area contributed by atoms with Crippen LogP contribution >= 0.6 is 0 Å². The number of benzene rings is 3. The Balaban J connectivity index is 0.00000210. The highest BCUT2D eigenvalue weighted by atomic mass is 35.5. The van der Waals surface area contributed by atoms with E-state index in [2.05, 4.69) is 84.9 Å². The molecule has 4 rings (SSSR count). The second kappa shape index (κ2) is 9.70. The summed E-state index contributed by atoms with van der Waals surface area (Å²) in [6.07, 6.45) is 1.16. The molecule has 3 aromatic rings. The molecule has 140 valence electrons. The zero-order valence-corrected chi connectivity index (χ0v) is 16.2. The number of rotatable bonds is 4. The van der Waals surface area contributed by atoms with Crippen molar-refractivity contribution in [2.75, 3.05) is 19.7 Å². The van der Waals surface area contributed by atoms with Crippen LogP contribution in [0.3, 0.4) is 0 Å². The molecule has 0 bridgehead atoms. The van der Waals surface area contributed by atoms with Crippen molar-refractivity contribution in [3.8, 4) is 0 Å². The molecule has 0 saturated heterocycles. The van der Waals surface area contributed by atoms with E-state index in [1.807, 2.05) is 0 Å². The predicted octanol–water partition coefficient (Wildman–Crippen LogP) is 0.438. The molecule has 1 heterocycles. The van der Waals surface area contributed by atoms with Crippen LogP contribution in [0.4, 0.5) is 0 Å². The largest absolute Gasteiger partial charge is 1.00 e. The lowest BCUT2D eigenvalue weighted by Gasteiger charge is -2.28.